The number of benzene rings is 1. The standard InChI is InChI=1S/C16H27NO/c1-5-6-8-14(4)17-15-9-7-10-16(11-15)18-12-13(2)3/h7,9-11,13-14,17H,5-6,8,12H2,1-4H3. The molecule has 0 bridgehead atoms. The van der Waals surface area contributed by atoms with Crippen LogP contribution in [0.15, 0.2) is 24.3 Å². The van der Waals surface area contributed by atoms with E-state index in [0.29, 0.717) is 12.0 Å². The van der Waals surface area contributed by atoms with Gasteiger partial charge in [-0.25, -0.2) is 0 Å². The van der Waals surface area contributed by atoms with E-state index in [2.05, 4.69) is 45.1 Å². The predicted octanol–water partition coefficient (Wildman–Crippen LogP) is 4.71. The summed E-state index contributed by atoms with van der Waals surface area (Å²) in [5, 5.41) is 3.52. The molecule has 2 heteroatoms. The normalized spacial score (nSPS) is 12.5. The Balaban J connectivity index is 2.48. The Morgan fingerprint density at radius 1 is 1.22 bits per heavy atom. The Kier molecular flexibility index (Phi) is 6.63. The number of nitrogens with one attached hydrogen (secondary N) is 1. The molecule has 0 spiro atoms. The SMILES string of the molecule is CCCCC(C)Nc1cccc(OCC(C)C)c1. The zero-order valence-corrected chi connectivity index (χ0v) is 12.2. The fourth-order valence-electron chi connectivity index (χ4n) is 1.81. The number of unbranched alkanes of at least 4 members (excludes halogenated alkanes) is 1. The number of hydrogen-bond donors (Lipinski definition) is 1. The van der Waals surface area contributed by atoms with Crippen molar-refractivity contribution < 1.29 is 4.74 Å². The molecule has 0 radical (unpaired) electrons. The second-order valence-electron chi connectivity index (χ2n) is 5.42. The summed E-state index contributed by atoms with van der Waals surface area (Å²) in [5.41, 5.74) is 1.15. The summed E-state index contributed by atoms with van der Waals surface area (Å²) in [4.78, 5) is 0. The van der Waals surface area contributed by atoms with Gasteiger partial charge in [0.05, 0.1) is 6.61 Å². The first-order valence-corrected chi connectivity index (χ1v) is 7.11. The van der Waals surface area contributed by atoms with E-state index in [1.165, 1.54) is 19.3 Å². The third kappa shape index (κ3) is 5.95. The van der Waals surface area contributed by atoms with Gasteiger partial charge in [-0.05, 0) is 31.4 Å². The number of hydrogen-bond acceptors (Lipinski definition) is 2. The summed E-state index contributed by atoms with van der Waals surface area (Å²) in [6.45, 7) is 9.56. The van der Waals surface area contributed by atoms with Crippen LogP contribution in [-0.2, 0) is 0 Å². The van der Waals surface area contributed by atoms with Crippen LogP contribution in [0.5, 0.6) is 5.75 Å². The first kappa shape index (κ1) is 14.9. The van der Waals surface area contributed by atoms with Crippen molar-refractivity contribution in [1.82, 2.24) is 0 Å². The van der Waals surface area contributed by atoms with Crippen LogP contribution >= 0.6 is 0 Å². The number of ether oxygens (including phenoxy) is 1. The van der Waals surface area contributed by atoms with E-state index in [4.69, 9.17) is 4.74 Å². The fourth-order valence-corrected chi connectivity index (χ4v) is 1.81. The second-order valence-corrected chi connectivity index (χ2v) is 5.42. The summed E-state index contributed by atoms with van der Waals surface area (Å²) in [6.07, 6.45) is 3.74. The lowest BCUT2D eigenvalue weighted by molar-refractivity contribution is 0.271. The minimum absolute atomic E-state index is 0.519. The molecule has 0 saturated heterocycles. The van der Waals surface area contributed by atoms with Gasteiger partial charge in [-0.2, -0.15) is 0 Å². The van der Waals surface area contributed by atoms with E-state index >= 15 is 0 Å². The molecule has 1 aromatic carbocycles. The molecular formula is C16H27NO. The lowest BCUT2D eigenvalue weighted by Crippen LogP contribution is -2.14. The van der Waals surface area contributed by atoms with Crippen LogP contribution in [0.25, 0.3) is 0 Å². The molecule has 0 aliphatic heterocycles. The summed E-state index contributed by atoms with van der Waals surface area (Å²) < 4.78 is 5.73. The van der Waals surface area contributed by atoms with Gasteiger partial charge < -0.3 is 10.1 Å². The van der Waals surface area contributed by atoms with E-state index in [0.717, 1.165) is 18.0 Å². The first-order valence-electron chi connectivity index (χ1n) is 7.11. The second kappa shape index (κ2) is 8.02. The maximum Gasteiger partial charge on any atom is 0.121 e. The molecular weight excluding hydrogens is 222 g/mol. The van der Waals surface area contributed by atoms with Crippen LogP contribution in [-0.4, -0.2) is 12.6 Å². The maximum atomic E-state index is 5.73. The van der Waals surface area contributed by atoms with Gasteiger partial charge in [-0.15, -0.1) is 0 Å². The Hall–Kier alpha value is -1.18. The molecule has 1 aromatic rings. The summed E-state index contributed by atoms with van der Waals surface area (Å²) in [6, 6.07) is 8.77. The van der Waals surface area contributed by atoms with E-state index in [9.17, 15) is 0 Å². The van der Waals surface area contributed by atoms with E-state index < -0.39 is 0 Å². The van der Waals surface area contributed by atoms with Crippen LogP contribution in [0.3, 0.4) is 0 Å². The third-order valence-corrected chi connectivity index (χ3v) is 2.82. The molecule has 1 N–H and O–H groups in total. The summed E-state index contributed by atoms with van der Waals surface area (Å²) >= 11 is 0. The Bertz CT molecular complexity index is 336. The molecule has 102 valence electrons. The van der Waals surface area contributed by atoms with E-state index in [-0.39, 0.29) is 0 Å². The van der Waals surface area contributed by atoms with E-state index in [1.54, 1.807) is 0 Å². The van der Waals surface area contributed by atoms with Gasteiger partial charge in [0.15, 0.2) is 0 Å². The summed E-state index contributed by atoms with van der Waals surface area (Å²) in [7, 11) is 0. The van der Waals surface area contributed by atoms with Crippen molar-refractivity contribution in [3.63, 3.8) is 0 Å². The molecule has 0 aliphatic rings. The molecule has 1 atom stereocenters. The minimum atomic E-state index is 0.519. The third-order valence-electron chi connectivity index (χ3n) is 2.82. The smallest absolute Gasteiger partial charge is 0.121 e. The van der Waals surface area contributed by atoms with Crippen molar-refractivity contribution >= 4 is 5.69 Å². The largest absolute Gasteiger partial charge is 0.493 e. The quantitative estimate of drug-likeness (QED) is 0.720. The number of rotatable bonds is 8. The van der Waals surface area contributed by atoms with Crippen molar-refractivity contribution in [3.05, 3.63) is 24.3 Å². The van der Waals surface area contributed by atoms with Crippen LogP contribution in [0, 0.1) is 5.92 Å². The Morgan fingerprint density at radius 3 is 2.67 bits per heavy atom. The molecule has 1 unspecified atom stereocenters. The Morgan fingerprint density at radius 2 is 2.00 bits per heavy atom. The monoisotopic (exact) mass is 249 g/mol. The molecule has 2 nitrogen and oxygen atoms in total. The van der Waals surface area contributed by atoms with Crippen molar-refractivity contribution in [1.29, 1.82) is 0 Å². The summed E-state index contributed by atoms with van der Waals surface area (Å²) in [5.74, 6) is 1.52. The fraction of sp³-hybridized carbons (Fsp3) is 0.625. The number of anilines is 1. The van der Waals surface area contributed by atoms with Gasteiger partial charge in [0.2, 0.25) is 0 Å². The molecule has 0 saturated carbocycles. The highest BCUT2D eigenvalue weighted by atomic mass is 16.5. The molecule has 0 aromatic heterocycles. The predicted molar refractivity (Wildman–Crippen MR) is 79.4 cm³/mol. The highest BCUT2D eigenvalue weighted by molar-refractivity contribution is 5.48. The maximum absolute atomic E-state index is 5.73. The highest BCUT2D eigenvalue weighted by Crippen LogP contribution is 2.19. The minimum Gasteiger partial charge on any atom is -0.493 e. The highest BCUT2D eigenvalue weighted by Gasteiger charge is 2.03. The van der Waals surface area contributed by atoms with Gasteiger partial charge >= 0.3 is 0 Å². The van der Waals surface area contributed by atoms with Crippen molar-refractivity contribution in [2.75, 3.05) is 11.9 Å². The van der Waals surface area contributed by atoms with Crippen LogP contribution in [0.4, 0.5) is 5.69 Å². The van der Waals surface area contributed by atoms with Gasteiger partial charge in [0, 0.05) is 17.8 Å². The zero-order valence-electron chi connectivity index (χ0n) is 12.2. The molecule has 0 fully saturated rings. The van der Waals surface area contributed by atoms with Crippen molar-refractivity contribution in [3.8, 4) is 5.75 Å². The first-order chi connectivity index (χ1) is 8.61. The van der Waals surface area contributed by atoms with Gasteiger partial charge in [0.1, 0.15) is 5.75 Å². The van der Waals surface area contributed by atoms with E-state index in [1.807, 2.05) is 12.1 Å². The Labute approximate surface area is 112 Å². The lowest BCUT2D eigenvalue weighted by Gasteiger charge is -2.16. The van der Waals surface area contributed by atoms with Crippen molar-refractivity contribution in [2.45, 2.75) is 53.0 Å². The van der Waals surface area contributed by atoms with Crippen molar-refractivity contribution in [2.24, 2.45) is 5.92 Å². The van der Waals surface area contributed by atoms with Crippen LogP contribution < -0.4 is 10.1 Å². The van der Waals surface area contributed by atoms with Crippen LogP contribution in [0.2, 0.25) is 0 Å². The van der Waals surface area contributed by atoms with Crippen LogP contribution in [0.1, 0.15) is 47.0 Å². The average Bonchev–Trinajstić information content (AvgIpc) is 2.34. The molecule has 0 amide bonds. The molecule has 0 aliphatic carbocycles. The topological polar surface area (TPSA) is 21.3 Å². The zero-order chi connectivity index (χ0) is 13.4. The molecule has 0 heterocycles. The molecule has 1 rings (SSSR count). The average molecular weight is 249 g/mol. The lowest BCUT2D eigenvalue weighted by atomic mass is 10.1. The molecule has 18 heavy (non-hydrogen) atoms. The van der Waals surface area contributed by atoms with Gasteiger partial charge in [-0.1, -0.05) is 39.7 Å². The van der Waals surface area contributed by atoms with Gasteiger partial charge in [0.25, 0.3) is 0 Å². The van der Waals surface area contributed by atoms with Gasteiger partial charge in [-0.3, -0.25) is 0 Å².